The van der Waals surface area contributed by atoms with Crippen LogP contribution in [0.25, 0.3) is 10.2 Å². The Morgan fingerprint density at radius 2 is 1.92 bits per heavy atom. The first-order valence-corrected chi connectivity index (χ1v) is 9.18. The molecule has 0 spiro atoms. The van der Waals surface area contributed by atoms with E-state index < -0.39 is 0 Å². The highest BCUT2D eigenvalue weighted by Gasteiger charge is 2.11. The maximum atomic E-state index is 12.4. The molecule has 2 aromatic heterocycles. The Morgan fingerprint density at radius 3 is 2.62 bits per heavy atom. The van der Waals surface area contributed by atoms with Crippen molar-refractivity contribution in [3.63, 3.8) is 0 Å². The lowest BCUT2D eigenvalue weighted by Gasteiger charge is -2.08. The number of benzene rings is 1. The number of nitrogens with one attached hydrogen (secondary N) is 1. The maximum Gasteiger partial charge on any atom is 0.262 e. The summed E-state index contributed by atoms with van der Waals surface area (Å²) in [4.78, 5) is 41.4. The van der Waals surface area contributed by atoms with Crippen molar-refractivity contribution in [2.24, 2.45) is 5.92 Å². The molecule has 0 saturated carbocycles. The first-order valence-electron chi connectivity index (χ1n) is 8.30. The number of aromatic nitrogens is 2. The van der Waals surface area contributed by atoms with Gasteiger partial charge in [0.25, 0.3) is 5.56 Å². The number of fused-ring (bicyclic) bond motifs is 1. The van der Waals surface area contributed by atoms with Crippen molar-refractivity contribution in [2.75, 3.05) is 5.32 Å². The van der Waals surface area contributed by atoms with Gasteiger partial charge < -0.3 is 5.32 Å². The number of carbonyl (C=O) groups is 2. The number of Topliss-reactive ketones (excluding diaryl/α,β-unsaturated/α-hetero) is 1. The van der Waals surface area contributed by atoms with Gasteiger partial charge in [-0.25, -0.2) is 4.98 Å². The molecule has 0 radical (unpaired) electrons. The van der Waals surface area contributed by atoms with Crippen LogP contribution < -0.4 is 10.9 Å². The zero-order chi connectivity index (χ0) is 18.7. The molecular weight excluding hydrogens is 350 g/mol. The summed E-state index contributed by atoms with van der Waals surface area (Å²) in [6.45, 7) is 3.88. The first-order chi connectivity index (χ1) is 12.4. The van der Waals surface area contributed by atoms with E-state index in [1.165, 1.54) is 22.2 Å². The van der Waals surface area contributed by atoms with Gasteiger partial charge in [-0.15, -0.1) is 11.3 Å². The van der Waals surface area contributed by atoms with Crippen LogP contribution in [0.5, 0.6) is 0 Å². The molecule has 3 aromatic rings. The van der Waals surface area contributed by atoms with Crippen LogP contribution in [0.15, 0.2) is 46.8 Å². The van der Waals surface area contributed by atoms with E-state index in [4.69, 9.17) is 0 Å². The van der Waals surface area contributed by atoms with Crippen molar-refractivity contribution in [2.45, 2.75) is 26.8 Å². The average Bonchev–Trinajstić information content (AvgIpc) is 3.06. The van der Waals surface area contributed by atoms with Gasteiger partial charge in [-0.05, 0) is 41.6 Å². The van der Waals surface area contributed by atoms with Crippen LogP contribution >= 0.6 is 11.3 Å². The summed E-state index contributed by atoms with van der Waals surface area (Å²) in [5, 5.41) is 5.13. The van der Waals surface area contributed by atoms with Crippen LogP contribution in [0, 0.1) is 5.92 Å². The highest BCUT2D eigenvalue weighted by atomic mass is 32.1. The van der Waals surface area contributed by atoms with Gasteiger partial charge in [-0.3, -0.25) is 19.0 Å². The summed E-state index contributed by atoms with van der Waals surface area (Å²) in [5.74, 6) is 0.0349. The lowest BCUT2D eigenvalue weighted by molar-refractivity contribution is -0.116. The normalized spacial score (nSPS) is 11.0. The standard InChI is InChI=1S/C19H19N3O3S/c1-12(2)9-17(24)21-14-5-3-13(4-6-14)16(23)10-22-11-20-18-15(19(22)25)7-8-26-18/h3-8,11-12H,9-10H2,1-2H3,(H,21,24). The van der Waals surface area contributed by atoms with Gasteiger partial charge in [0.2, 0.25) is 5.91 Å². The predicted molar refractivity (Wildman–Crippen MR) is 103 cm³/mol. The number of amides is 1. The molecule has 134 valence electrons. The Morgan fingerprint density at radius 1 is 1.19 bits per heavy atom. The van der Waals surface area contributed by atoms with Crippen molar-refractivity contribution >= 4 is 38.9 Å². The zero-order valence-corrected chi connectivity index (χ0v) is 15.4. The Balaban J connectivity index is 1.70. The third-order valence-corrected chi connectivity index (χ3v) is 4.67. The molecular formula is C19H19N3O3S. The molecule has 0 aliphatic rings. The van der Waals surface area contributed by atoms with Gasteiger partial charge in [0.15, 0.2) is 5.78 Å². The molecule has 0 aliphatic heterocycles. The zero-order valence-electron chi connectivity index (χ0n) is 14.6. The monoisotopic (exact) mass is 369 g/mol. The molecule has 2 heterocycles. The number of thiophene rings is 1. The Hall–Kier alpha value is -2.80. The summed E-state index contributed by atoms with van der Waals surface area (Å²) in [6.07, 6.45) is 1.85. The molecule has 0 unspecified atom stereocenters. The van der Waals surface area contributed by atoms with Crippen LogP contribution in [0.3, 0.4) is 0 Å². The fourth-order valence-electron chi connectivity index (χ4n) is 2.57. The molecule has 0 saturated heterocycles. The summed E-state index contributed by atoms with van der Waals surface area (Å²) in [5.41, 5.74) is 0.900. The van der Waals surface area contributed by atoms with Gasteiger partial charge in [0, 0.05) is 17.7 Å². The third-order valence-electron chi connectivity index (χ3n) is 3.85. The molecule has 1 aromatic carbocycles. The van der Waals surface area contributed by atoms with E-state index in [-0.39, 0.29) is 29.7 Å². The second-order valence-corrected chi connectivity index (χ2v) is 7.36. The molecule has 26 heavy (non-hydrogen) atoms. The Labute approximate surface area is 154 Å². The Kier molecular flexibility index (Phi) is 5.27. The minimum atomic E-state index is -0.220. The number of rotatable bonds is 6. The topological polar surface area (TPSA) is 81.1 Å². The lowest BCUT2D eigenvalue weighted by Crippen LogP contribution is -2.24. The molecule has 1 N–H and O–H groups in total. The fourth-order valence-corrected chi connectivity index (χ4v) is 3.30. The lowest BCUT2D eigenvalue weighted by atomic mass is 10.1. The van der Waals surface area contributed by atoms with E-state index in [1.54, 1.807) is 35.7 Å². The van der Waals surface area contributed by atoms with Crippen molar-refractivity contribution in [1.82, 2.24) is 9.55 Å². The van der Waals surface area contributed by atoms with E-state index in [9.17, 15) is 14.4 Å². The SMILES string of the molecule is CC(C)CC(=O)Nc1ccc(C(=O)Cn2cnc3sccc3c2=O)cc1. The third kappa shape index (κ3) is 4.05. The van der Waals surface area contributed by atoms with Crippen molar-refractivity contribution in [3.05, 3.63) is 58.0 Å². The minimum Gasteiger partial charge on any atom is -0.326 e. The van der Waals surface area contributed by atoms with Crippen molar-refractivity contribution in [3.8, 4) is 0 Å². The molecule has 0 aliphatic carbocycles. The summed E-state index contributed by atoms with van der Waals surface area (Å²) >= 11 is 1.39. The molecule has 0 bridgehead atoms. The smallest absolute Gasteiger partial charge is 0.262 e. The summed E-state index contributed by atoms with van der Waals surface area (Å²) in [7, 11) is 0. The van der Waals surface area contributed by atoms with E-state index in [0.717, 1.165) is 0 Å². The van der Waals surface area contributed by atoms with Gasteiger partial charge in [0.05, 0.1) is 18.3 Å². The van der Waals surface area contributed by atoms with E-state index in [1.807, 2.05) is 13.8 Å². The van der Waals surface area contributed by atoms with Crippen molar-refractivity contribution < 1.29 is 9.59 Å². The van der Waals surface area contributed by atoms with Crippen LogP contribution in [0.2, 0.25) is 0 Å². The van der Waals surface area contributed by atoms with E-state index in [0.29, 0.717) is 27.9 Å². The molecule has 0 fully saturated rings. The number of ketones is 1. The summed E-state index contributed by atoms with van der Waals surface area (Å²) in [6, 6.07) is 8.39. The minimum absolute atomic E-state index is 0.0548. The first kappa shape index (κ1) is 18.0. The van der Waals surface area contributed by atoms with Gasteiger partial charge in [-0.1, -0.05) is 13.8 Å². The highest BCUT2D eigenvalue weighted by molar-refractivity contribution is 7.16. The second-order valence-electron chi connectivity index (χ2n) is 6.46. The average molecular weight is 369 g/mol. The summed E-state index contributed by atoms with van der Waals surface area (Å²) < 4.78 is 1.32. The maximum absolute atomic E-state index is 12.4. The van der Waals surface area contributed by atoms with Crippen LogP contribution in [-0.4, -0.2) is 21.2 Å². The second kappa shape index (κ2) is 7.61. The van der Waals surface area contributed by atoms with Crippen LogP contribution in [0.4, 0.5) is 5.69 Å². The number of hydrogen-bond donors (Lipinski definition) is 1. The largest absolute Gasteiger partial charge is 0.326 e. The van der Waals surface area contributed by atoms with Gasteiger partial charge in [0.1, 0.15) is 4.83 Å². The molecule has 1 amide bonds. The van der Waals surface area contributed by atoms with E-state index in [2.05, 4.69) is 10.3 Å². The highest BCUT2D eigenvalue weighted by Crippen LogP contribution is 2.14. The van der Waals surface area contributed by atoms with Crippen molar-refractivity contribution in [1.29, 1.82) is 0 Å². The molecule has 6 nitrogen and oxygen atoms in total. The number of nitrogens with zero attached hydrogens (tertiary/aromatic N) is 2. The Bertz CT molecular complexity index is 1000. The molecule has 0 atom stereocenters. The number of hydrogen-bond acceptors (Lipinski definition) is 5. The van der Waals surface area contributed by atoms with Gasteiger partial charge in [-0.2, -0.15) is 0 Å². The number of carbonyl (C=O) groups excluding carboxylic acids is 2. The number of anilines is 1. The molecule has 3 rings (SSSR count). The quantitative estimate of drug-likeness (QED) is 0.676. The van der Waals surface area contributed by atoms with E-state index >= 15 is 0 Å². The van der Waals surface area contributed by atoms with Crippen LogP contribution in [-0.2, 0) is 11.3 Å². The van der Waals surface area contributed by atoms with Crippen LogP contribution in [0.1, 0.15) is 30.6 Å². The predicted octanol–water partition coefficient (Wildman–Crippen LogP) is 3.33. The molecule has 7 heteroatoms. The van der Waals surface area contributed by atoms with Gasteiger partial charge >= 0.3 is 0 Å². The fraction of sp³-hybridized carbons (Fsp3) is 0.263.